The van der Waals surface area contributed by atoms with Gasteiger partial charge in [-0.3, -0.25) is 4.99 Å². The third kappa shape index (κ3) is 1.56. The first kappa shape index (κ1) is 11.2. The molecule has 2 heteroatoms. The summed E-state index contributed by atoms with van der Waals surface area (Å²) in [5, 5.41) is 2.61. The van der Waals surface area contributed by atoms with Gasteiger partial charge in [-0.2, -0.15) is 0 Å². The molecule has 2 aliphatic heterocycles. The number of benzene rings is 2. The van der Waals surface area contributed by atoms with Crippen LogP contribution in [-0.4, -0.2) is 12.3 Å². The number of ether oxygens (including phenoxy) is 1. The van der Waals surface area contributed by atoms with Crippen molar-refractivity contribution in [3.05, 3.63) is 41.5 Å². The van der Waals surface area contributed by atoms with Gasteiger partial charge < -0.3 is 4.74 Å². The van der Waals surface area contributed by atoms with Crippen LogP contribution in [0.4, 0.5) is 5.69 Å². The molecule has 2 atom stereocenters. The third-order valence-electron chi connectivity index (χ3n) is 4.50. The summed E-state index contributed by atoms with van der Waals surface area (Å²) < 4.78 is 5.66. The SMILES string of the molecule is CC1=Nc2cc3cccc(C4CCO4)c3cc2C1C. The van der Waals surface area contributed by atoms with E-state index in [-0.39, 0.29) is 0 Å². The molecule has 0 aliphatic carbocycles. The average Bonchev–Trinajstić information content (AvgIpc) is 2.61. The molecule has 2 heterocycles. The molecule has 0 amide bonds. The van der Waals surface area contributed by atoms with E-state index in [9.17, 15) is 0 Å². The van der Waals surface area contributed by atoms with Crippen molar-refractivity contribution in [1.29, 1.82) is 0 Å². The Balaban J connectivity index is 1.95. The molecule has 2 aromatic rings. The molecule has 2 aliphatic rings. The summed E-state index contributed by atoms with van der Waals surface area (Å²) in [5.74, 6) is 0.440. The summed E-state index contributed by atoms with van der Waals surface area (Å²) in [4.78, 5) is 4.68. The van der Waals surface area contributed by atoms with Gasteiger partial charge in [0.1, 0.15) is 0 Å². The zero-order chi connectivity index (χ0) is 13.0. The summed E-state index contributed by atoms with van der Waals surface area (Å²) in [6, 6.07) is 11.0. The highest BCUT2D eigenvalue weighted by molar-refractivity contribution is 6.00. The number of aliphatic imine (C=N–C) groups is 1. The molecule has 2 unspecified atom stereocenters. The second kappa shape index (κ2) is 3.91. The van der Waals surface area contributed by atoms with Gasteiger partial charge in [0.15, 0.2) is 0 Å². The second-order valence-corrected chi connectivity index (χ2v) is 5.60. The molecule has 1 saturated heterocycles. The number of fused-ring (bicyclic) bond motifs is 2. The lowest BCUT2D eigenvalue weighted by Gasteiger charge is -2.28. The first-order valence-corrected chi connectivity index (χ1v) is 6.97. The highest BCUT2D eigenvalue weighted by Crippen LogP contribution is 2.41. The lowest BCUT2D eigenvalue weighted by atomic mass is 9.91. The highest BCUT2D eigenvalue weighted by Gasteiger charge is 2.25. The molecular formula is C17H17NO. The van der Waals surface area contributed by atoms with Gasteiger partial charge in [-0.15, -0.1) is 0 Å². The Bertz CT molecular complexity index is 698. The van der Waals surface area contributed by atoms with Crippen LogP contribution in [0, 0.1) is 0 Å². The Morgan fingerprint density at radius 1 is 1.21 bits per heavy atom. The molecule has 0 aromatic heterocycles. The second-order valence-electron chi connectivity index (χ2n) is 5.60. The number of nitrogens with zero attached hydrogens (tertiary/aromatic N) is 1. The van der Waals surface area contributed by atoms with Crippen LogP contribution in [0.2, 0.25) is 0 Å². The Hall–Kier alpha value is -1.67. The number of rotatable bonds is 1. The van der Waals surface area contributed by atoms with Crippen LogP contribution in [0.3, 0.4) is 0 Å². The van der Waals surface area contributed by atoms with Gasteiger partial charge in [0, 0.05) is 18.1 Å². The highest BCUT2D eigenvalue weighted by atomic mass is 16.5. The fourth-order valence-corrected chi connectivity index (χ4v) is 3.07. The quantitative estimate of drug-likeness (QED) is 0.730. The summed E-state index contributed by atoms with van der Waals surface area (Å²) in [7, 11) is 0. The van der Waals surface area contributed by atoms with Crippen LogP contribution >= 0.6 is 0 Å². The summed E-state index contributed by atoms with van der Waals surface area (Å²) in [6.45, 7) is 5.24. The Morgan fingerprint density at radius 3 is 2.79 bits per heavy atom. The van der Waals surface area contributed by atoms with Crippen molar-refractivity contribution in [2.75, 3.05) is 6.61 Å². The summed E-state index contributed by atoms with van der Waals surface area (Å²) in [5.41, 5.74) is 5.05. The van der Waals surface area contributed by atoms with Crippen molar-refractivity contribution < 1.29 is 4.74 Å². The predicted octanol–water partition coefficient (Wildman–Crippen LogP) is 4.51. The van der Waals surface area contributed by atoms with E-state index in [4.69, 9.17) is 4.74 Å². The van der Waals surface area contributed by atoms with E-state index in [1.165, 1.54) is 27.6 Å². The van der Waals surface area contributed by atoms with E-state index in [1.54, 1.807) is 0 Å². The first-order valence-electron chi connectivity index (χ1n) is 6.97. The third-order valence-corrected chi connectivity index (χ3v) is 4.50. The van der Waals surface area contributed by atoms with Gasteiger partial charge in [0.25, 0.3) is 0 Å². The minimum Gasteiger partial charge on any atom is -0.373 e. The number of hydrogen-bond donors (Lipinski definition) is 0. The van der Waals surface area contributed by atoms with Crippen LogP contribution in [0.1, 0.15) is 43.4 Å². The van der Waals surface area contributed by atoms with E-state index in [0.717, 1.165) is 18.7 Å². The lowest BCUT2D eigenvalue weighted by Crippen LogP contribution is -2.18. The van der Waals surface area contributed by atoms with E-state index >= 15 is 0 Å². The van der Waals surface area contributed by atoms with Gasteiger partial charge in [-0.05, 0) is 41.0 Å². The maximum absolute atomic E-state index is 5.66. The van der Waals surface area contributed by atoms with Gasteiger partial charge in [-0.1, -0.05) is 25.1 Å². The van der Waals surface area contributed by atoms with Gasteiger partial charge in [0.2, 0.25) is 0 Å². The van der Waals surface area contributed by atoms with E-state index in [2.05, 4.69) is 49.2 Å². The van der Waals surface area contributed by atoms with E-state index in [1.807, 2.05) is 0 Å². The fraction of sp³-hybridized carbons (Fsp3) is 0.353. The fourth-order valence-electron chi connectivity index (χ4n) is 3.07. The van der Waals surface area contributed by atoms with Crippen LogP contribution in [0.15, 0.2) is 35.3 Å². The molecule has 0 radical (unpaired) electrons. The van der Waals surface area contributed by atoms with Crippen molar-refractivity contribution in [2.45, 2.75) is 32.3 Å². The van der Waals surface area contributed by atoms with Crippen molar-refractivity contribution >= 4 is 22.2 Å². The molecule has 0 N–H and O–H groups in total. The predicted molar refractivity (Wildman–Crippen MR) is 78.4 cm³/mol. The minimum atomic E-state index is 0.292. The summed E-state index contributed by atoms with van der Waals surface area (Å²) >= 11 is 0. The molecule has 4 rings (SSSR count). The van der Waals surface area contributed by atoms with Crippen molar-refractivity contribution in [3.8, 4) is 0 Å². The van der Waals surface area contributed by atoms with Gasteiger partial charge in [-0.25, -0.2) is 0 Å². The molecule has 96 valence electrons. The van der Waals surface area contributed by atoms with E-state index < -0.39 is 0 Å². The topological polar surface area (TPSA) is 21.6 Å². The molecule has 0 spiro atoms. The molecule has 0 bridgehead atoms. The average molecular weight is 251 g/mol. The molecule has 1 fully saturated rings. The van der Waals surface area contributed by atoms with Gasteiger partial charge >= 0.3 is 0 Å². The minimum absolute atomic E-state index is 0.292. The molecular weight excluding hydrogens is 234 g/mol. The maximum atomic E-state index is 5.66. The smallest absolute Gasteiger partial charge is 0.0852 e. The zero-order valence-electron chi connectivity index (χ0n) is 11.3. The van der Waals surface area contributed by atoms with Crippen molar-refractivity contribution in [1.82, 2.24) is 0 Å². The number of hydrogen-bond acceptors (Lipinski definition) is 2. The standard InChI is InChI=1S/C17H17NO/c1-10-11(2)18-16-8-12-4-3-5-13(17-6-7-19-17)15(12)9-14(10)16/h3-5,8-10,17H,6-7H2,1-2H3. The maximum Gasteiger partial charge on any atom is 0.0852 e. The Kier molecular flexibility index (Phi) is 2.30. The van der Waals surface area contributed by atoms with Crippen LogP contribution in [-0.2, 0) is 4.74 Å². The van der Waals surface area contributed by atoms with Crippen LogP contribution < -0.4 is 0 Å². The Labute approximate surface area is 113 Å². The van der Waals surface area contributed by atoms with Crippen LogP contribution in [0.25, 0.3) is 10.8 Å². The first-order chi connectivity index (χ1) is 9.24. The van der Waals surface area contributed by atoms with E-state index in [0.29, 0.717) is 12.0 Å². The summed E-state index contributed by atoms with van der Waals surface area (Å²) in [6.07, 6.45) is 1.43. The monoisotopic (exact) mass is 251 g/mol. The molecule has 0 saturated carbocycles. The lowest BCUT2D eigenvalue weighted by molar-refractivity contribution is -0.0518. The zero-order valence-corrected chi connectivity index (χ0v) is 11.3. The van der Waals surface area contributed by atoms with Crippen LogP contribution in [0.5, 0.6) is 0 Å². The molecule has 19 heavy (non-hydrogen) atoms. The Morgan fingerprint density at radius 2 is 2.05 bits per heavy atom. The van der Waals surface area contributed by atoms with Gasteiger partial charge in [0.05, 0.1) is 18.4 Å². The molecule has 2 nitrogen and oxygen atoms in total. The molecule has 2 aromatic carbocycles. The largest absolute Gasteiger partial charge is 0.373 e. The van der Waals surface area contributed by atoms with Crippen molar-refractivity contribution in [2.24, 2.45) is 4.99 Å². The van der Waals surface area contributed by atoms with Crippen molar-refractivity contribution in [3.63, 3.8) is 0 Å². The normalized spacial score (nSPS) is 25.1.